The Bertz CT molecular complexity index is 833. The maximum atomic E-state index is 12.9. The summed E-state index contributed by atoms with van der Waals surface area (Å²) in [5.74, 6) is 1.92. The lowest BCUT2D eigenvalue weighted by Gasteiger charge is -2.56. The van der Waals surface area contributed by atoms with Gasteiger partial charge in [-0.15, -0.1) is 0 Å². The molecule has 0 heterocycles. The molecule has 31 heavy (non-hydrogen) atoms. The molecule has 0 bridgehead atoms. The molecular formula is C28H40O3. The van der Waals surface area contributed by atoms with E-state index in [0.717, 1.165) is 51.4 Å². The summed E-state index contributed by atoms with van der Waals surface area (Å²) in [5.41, 5.74) is 1.93. The van der Waals surface area contributed by atoms with E-state index in [1.807, 2.05) is 6.08 Å². The van der Waals surface area contributed by atoms with E-state index in [9.17, 15) is 14.7 Å². The average molecular weight is 425 g/mol. The standard InChI is InChI=1S/C28H40O3/c1-17(2)18(3)6-7-19(4)23-10-11-25-22-9-8-20-16-21(29)12-14-27(20,5)24(22)13-15-28(23,25)26(30)31/h12,14,16-17,19,22-25H,3,6-11,13,15H2,1-2,4-5H3,(H,30,31)/t19-,22-,23-,24+,25+,27+,28+/m1/s1. The van der Waals surface area contributed by atoms with Crippen LogP contribution in [0, 0.1) is 46.3 Å². The van der Waals surface area contributed by atoms with Gasteiger partial charge in [-0.05, 0) is 99.0 Å². The van der Waals surface area contributed by atoms with Gasteiger partial charge in [-0.25, -0.2) is 0 Å². The lowest BCUT2D eigenvalue weighted by Crippen LogP contribution is -2.54. The van der Waals surface area contributed by atoms with Gasteiger partial charge in [0.2, 0.25) is 0 Å². The van der Waals surface area contributed by atoms with E-state index in [1.54, 1.807) is 6.08 Å². The molecule has 0 spiro atoms. The zero-order chi connectivity index (χ0) is 22.6. The van der Waals surface area contributed by atoms with E-state index in [4.69, 9.17) is 0 Å². The van der Waals surface area contributed by atoms with Gasteiger partial charge in [0.05, 0.1) is 5.41 Å². The van der Waals surface area contributed by atoms with E-state index in [0.29, 0.717) is 23.7 Å². The predicted octanol–water partition coefficient (Wildman–Crippen LogP) is 6.60. The minimum absolute atomic E-state index is 0.0692. The zero-order valence-corrected chi connectivity index (χ0v) is 19.8. The number of ketones is 1. The molecule has 0 aromatic carbocycles. The molecule has 3 heteroatoms. The highest BCUT2D eigenvalue weighted by Gasteiger charge is 2.64. The van der Waals surface area contributed by atoms with E-state index in [2.05, 4.69) is 40.3 Å². The number of fused-ring (bicyclic) bond motifs is 5. The molecule has 4 rings (SSSR count). The number of carbonyl (C=O) groups excluding carboxylic acids is 1. The Morgan fingerprint density at radius 1 is 1.19 bits per heavy atom. The smallest absolute Gasteiger partial charge is 0.310 e. The maximum absolute atomic E-state index is 12.9. The molecule has 1 N–H and O–H groups in total. The van der Waals surface area contributed by atoms with Crippen LogP contribution in [0.5, 0.6) is 0 Å². The summed E-state index contributed by atoms with van der Waals surface area (Å²) in [7, 11) is 0. The third-order valence-electron chi connectivity index (χ3n) is 9.96. The van der Waals surface area contributed by atoms with Crippen molar-refractivity contribution in [3.63, 3.8) is 0 Å². The van der Waals surface area contributed by atoms with Crippen molar-refractivity contribution < 1.29 is 14.7 Å². The fourth-order valence-corrected chi connectivity index (χ4v) is 8.03. The Morgan fingerprint density at radius 2 is 1.94 bits per heavy atom. The molecule has 0 amide bonds. The molecule has 0 unspecified atom stereocenters. The second kappa shape index (κ2) is 8.05. The molecule has 3 nitrogen and oxygen atoms in total. The Kier molecular flexibility index (Phi) is 5.85. The van der Waals surface area contributed by atoms with Gasteiger partial charge >= 0.3 is 5.97 Å². The number of hydrogen-bond donors (Lipinski definition) is 1. The summed E-state index contributed by atoms with van der Waals surface area (Å²) in [6, 6.07) is 0. The van der Waals surface area contributed by atoms with Crippen LogP contribution in [-0.2, 0) is 9.59 Å². The highest BCUT2D eigenvalue weighted by Crippen LogP contribution is 2.67. The molecule has 0 aromatic rings. The average Bonchev–Trinajstić information content (AvgIpc) is 3.13. The van der Waals surface area contributed by atoms with Crippen LogP contribution in [0.3, 0.4) is 0 Å². The minimum atomic E-state index is -0.564. The summed E-state index contributed by atoms with van der Waals surface area (Å²) in [4.78, 5) is 24.9. The van der Waals surface area contributed by atoms with Crippen molar-refractivity contribution in [2.24, 2.45) is 46.3 Å². The van der Waals surface area contributed by atoms with Gasteiger partial charge in [-0.3, -0.25) is 9.59 Å². The molecule has 0 radical (unpaired) electrons. The monoisotopic (exact) mass is 424 g/mol. The van der Waals surface area contributed by atoms with Gasteiger partial charge in [-0.2, -0.15) is 0 Å². The predicted molar refractivity (Wildman–Crippen MR) is 124 cm³/mol. The zero-order valence-electron chi connectivity index (χ0n) is 19.8. The quantitative estimate of drug-likeness (QED) is 0.488. The number of carbonyl (C=O) groups is 2. The highest BCUT2D eigenvalue weighted by molar-refractivity contribution is 6.01. The molecule has 4 aliphatic rings. The summed E-state index contributed by atoms with van der Waals surface area (Å²) in [6.45, 7) is 13.2. The van der Waals surface area contributed by atoms with Gasteiger partial charge < -0.3 is 5.11 Å². The summed E-state index contributed by atoms with van der Waals surface area (Å²) in [6.07, 6.45) is 13.6. The normalized spacial score (nSPS) is 40.0. The first-order valence-corrected chi connectivity index (χ1v) is 12.5. The highest BCUT2D eigenvalue weighted by atomic mass is 16.4. The van der Waals surface area contributed by atoms with Gasteiger partial charge in [0.15, 0.2) is 5.78 Å². The van der Waals surface area contributed by atoms with Gasteiger partial charge in [0.1, 0.15) is 0 Å². The Hall–Kier alpha value is -1.64. The third kappa shape index (κ3) is 3.47. The largest absolute Gasteiger partial charge is 0.481 e. The summed E-state index contributed by atoms with van der Waals surface area (Å²) in [5, 5.41) is 10.6. The lowest BCUT2D eigenvalue weighted by molar-refractivity contribution is -0.165. The second-order valence-electron chi connectivity index (χ2n) is 11.5. The van der Waals surface area contributed by atoms with E-state index < -0.39 is 11.4 Å². The van der Waals surface area contributed by atoms with Crippen LogP contribution in [0.2, 0.25) is 0 Å². The van der Waals surface area contributed by atoms with Crippen molar-refractivity contribution in [3.05, 3.63) is 36.0 Å². The first-order valence-electron chi connectivity index (χ1n) is 12.5. The second-order valence-corrected chi connectivity index (χ2v) is 11.5. The van der Waals surface area contributed by atoms with E-state index in [1.165, 1.54) is 11.1 Å². The number of aliphatic carboxylic acids is 1. The van der Waals surface area contributed by atoms with Gasteiger partial charge in [-0.1, -0.05) is 51.5 Å². The van der Waals surface area contributed by atoms with Crippen LogP contribution >= 0.6 is 0 Å². The Morgan fingerprint density at radius 3 is 2.61 bits per heavy atom. The lowest BCUT2D eigenvalue weighted by atomic mass is 9.47. The van der Waals surface area contributed by atoms with Crippen molar-refractivity contribution in [3.8, 4) is 0 Å². The van der Waals surface area contributed by atoms with Crippen molar-refractivity contribution >= 4 is 11.8 Å². The third-order valence-corrected chi connectivity index (χ3v) is 9.96. The van der Waals surface area contributed by atoms with Crippen LogP contribution in [0.25, 0.3) is 0 Å². The van der Waals surface area contributed by atoms with Gasteiger partial charge in [0, 0.05) is 5.41 Å². The molecule has 170 valence electrons. The van der Waals surface area contributed by atoms with Crippen LogP contribution in [0.4, 0.5) is 0 Å². The van der Waals surface area contributed by atoms with Crippen LogP contribution in [-0.4, -0.2) is 16.9 Å². The fraction of sp³-hybridized carbons (Fsp3) is 0.714. The SMILES string of the molecule is C=C(CC[C@@H](C)[C@H]1CC[C@H]2[C@@H]3CCC4=CC(=O)C=C[C@]4(C)[C@H]3CC[C@]12C(=O)O)C(C)C. The first kappa shape index (κ1) is 22.6. The molecule has 4 aliphatic carbocycles. The van der Waals surface area contributed by atoms with Crippen LogP contribution in [0.15, 0.2) is 36.0 Å². The maximum Gasteiger partial charge on any atom is 0.310 e. The topological polar surface area (TPSA) is 54.4 Å². The van der Waals surface area contributed by atoms with Crippen molar-refractivity contribution in [1.82, 2.24) is 0 Å². The summed E-state index contributed by atoms with van der Waals surface area (Å²) < 4.78 is 0. The fourth-order valence-electron chi connectivity index (χ4n) is 8.03. The Balaban J connectivity index is 1.59. The molecular weight excluding hydrogens is 384 g/mol. The minimum Gasteiger partial charge on any atom is -0.481 e. The number of carboxylic acid groups (broad SMARTS) is 1. The summed E-state index contributed by atoms with van der Waals surface area (Å²) >= 11 is 0. The number of rotatable bonds is 6. The van der Waals surface area contributed by atoms with Crippen molar-refractivity contribution in [1.29, 1.82) is 0 Å². The molecule has 3 saturated carbocycles. The van der Waals surface area contributed by atoms with Crippen LogP contribution < -0.4 is 0 Å². The molecule has 0 aliphatic heterocycles. The molecule has 0 saturated heterocycles. The Labute approximate surface area is 188 Å². The van der Waals surface area contributed by atoms with Gasteiger partial charge in [0.25, 0.3) is 0 Å². The number of carboxylic acids is 1. The van der Waals surface area contributed by atoms with Crippen LogP contribution in [0.1, 0.15) is 79.1 Å². The molecule has 7 atom stereocenters. The van der Waals surface area contributed by atoms with E-state index in [-0.39, 0.29) is 23.0 Å². The van der Waals surface area contributed by atoms with Crippen molar-refractivity contribution in [2.75, 3.05) is 0 Å². The number of hydrogen-bond acceptors (Lipinski definition) is 2. The first-order chi connectivity index (χ1) is 14.6. The molecule has 3 fully saturated rings. The number of allylic oxidation sites excluding steroid dienone is 5. The molecule has 0 aromatic heterocycles. The van der Waals surface area contributed by atoms with E-state index >= 15 is 0 Å². The van der Waals surface area contributed by atoms with Crippen molar-refractivity contribution in [2.45, 2.75) is 79.1 Å².